The molecule has 0 aliphatic carbocycles. The van der Waals surface area contributed by atoms with Crippen molar-refractivity contribution < 1.29 is 26.6 Å². The minimum atomic E-state index is -1.10. The lowest BCUT2D eigenvalue weighted by Gasteiger charge is -2.11. The number of carboxylic acid groups (broad SMARTS) is 1. The van der Waals surface area contributed by atoms with Crippen molar-refractivity contribution >= 4 is 30.3 Å². The van der Waals surface area contributed by atoms with Gasteiger partial charge in [-0.1, -0.05) is 48.6 Å². The van der Waals surface area contributed by atoms with Crippen LogP contribution in [0.2, 0.25) is 0 Å². The zero-order valence-corrected chi connectivity index (χ0v) is 16.6. The van der Waals surface area contributed by atoms with Crippen molar-refractivity contribution in [2.24, 2.45) is 5.73 Å². The smallest absolute Gasteiger partial charge is 0.320 e. The van der Waals surface area contributed by atoms with Crippen LogP contribution >= 0.6 is 0 Å². The molecule has 160 valence electrons. The SMILES string of the molecule is NC(Cc1cc(/C=C/c2ccc(O)cc2)c(O)c(/C=C/c2ccc(O)cc2)c1)C(=O)O.[HH]. The van der Waals surface area contributed by atoms with Gasteiger partial charge in [0, 0.05) is 12.6 Å². The predicted molar refractivity (Wildman–Crippen MR) is 124 cm³/mol. The van der Waals surface area contributed by atoms with Crippen molar-refractivity contribution in [2.45, 2.75) is 12.5 Å². The molecule has 1 unspecified atom stereocenters. The fourth-order valence-corrected chi connectivity index (χ4v) is 3.00. The molecular formula is C25H25NO5. The molecule has 1 atom stereocenters. The Kier molecular flexibility index (Phi) is 6.74. The Morgan fingerprint density at radius 3 is 1.61 bits per heavy atom. The molecule has 0 amide bonds. The third-order valence-corrected chi connectivity index (χ3v) is 4.70. The normalized spacial score (nSPS) is 12.4. The van der Waals surface area contributed by atoms with Gasteiger partial charge in [-0.2, -0.15) is 0 Å². The summed E-state index contributed by atoms with van der Waals surface area (Å²) in [5, 5.41) is 38.7. The predicted octanol–water partition coefficient (Wildman–Crippen LogP) is 4.34. The van der Waals surface area contributed by atoms with E-state index in [0.29, 0.717) is 16.7 Å². The summed E-state index contributed by atoms with van der Waals surface area (Å²) in [5.74, 6) is -0.745. The summed E-state index contributed by atoms with van der Waals surface area (Å²) >= 11 is 0. The van der Waals surface area contributed by atoms with E-state index in [1.54, 1.807) is 85.0 Å². The molecule has 0 radical (unpaired) electrons. The van der Waals surface area contributed by atoms with Gasteiger partial charge in [-0.3, -0.25) is 4.79 Å². The molecule has 0 spiro atoms. The molecule has 0 aliphatic heterocycles. The number of nitrogens with two attached hydrogens (primary N) is 1. The molecule has 0 aromatic heterocycles. The van der Waals surface area contributed by atoms with Crippen molar-refractivity contribution in [2.75, 3.05) is 0 Å². The van der Waals surface area contributed by atoms with Gasteiger partial charge in [-0.15, -0.1) is 0 Å². The largest absolute Gasteiger partial charge is 0.508 e. The quantitative estimate of drug-likeness (QED) is 0.363. The molecule has 0 saturated heterocycles. The summed E-state index contributed by atoms with van der Waals surface area (Å²) in [4.78, 5) is 11.2. The number of aliphatic carboxylic acids is 1. The molecule has 3 rings (SSSR count). The Hall–Kier alpha value is -4.03. The maximum atomic E-state index is 11.2. The number of benzene rings is 3. The molecule has 0 heterocycles. The van der Waals surface area contributed by atoms with Crippen LogP contribution in [0.5, 0.6) is 17.2 Å². The standard InChI is InChI=1S/C25H23NO5.H2/c26-23(25(30)31)15-18-13-19(7-1-16-3-9-21(27)10-4-16)24(29)20(14-18)8-2-17-5-11-22(28)12-6-17;/h1-14,23,27-29H,15,26H2,(H,30,31);1H/b7-1+,8-2+;. The van der Waals surface area contributed by atoms with Crippen molar-refractivity contribution in [3.05, 3.63) is 88.5 Å². The van der Waals surface area contributed by atoms with E-state index in [4.69, 9.17) is 10.8 Å². The van der Waals surface area contributed by atoms with E-state index in [9.17, 15) is 20.1 Å². The van der Waals surface area contributed by atoms with E-state index >= 15 is 0 Å². The average molecular weight is 419 g/mol. The third kappa shape index (κ3) is 5.98. The van der Waals surface area contributed by atoms with Crippen LogP contribution in [0.25, 0.3) is 24.3 Å². The minimum absolute atomic E-state index is 0. The zero-order valence-electron chi connectivity index (χ0n) is 16.6. The van der Waals surface area contributed by atoms with Crippen LogP contribution in [-0.2, 0) is 11.2 Å². The van der Waals surface area contributed by atoms with E-state index in [0.717, 1.165) is 11.1 Å². The maximum absolute atomic E-state index is 11.2. The number of phenols is 3. The van der Waals surface area contributed by atoms with Gasteiger partial charge in [0.1, 0.15) is 23.3 Å². The number of aromatic hydroxyl groups is 3. The van der Waals surface area contributed by atoms with E-state index in [1.165, 1.54) is 0 Å². The Labute approximate surface area is 181 Å². The second-order valence-electron chi connectivity index (χ2n) is 7.12. The monoisotopic (exact) mass is 419 g/mol. The second kappa shape index (κ2) is 9.65. The highest BCUT2D eigenvalue weighted by molar-refractivity contribution is 5.80. The lowest BCUT2D eigenvalue weighted by molar-refractivity contribution is -0.138. The average Bonchev–Trinajstić information content (AvgIpc) is 2.75. The Bertz CT molecular complexity index is 1050. The molecule has 6 nitrogen and oxygen atoms in total. The zero-order chi connectivity index (χ0) is 22.4. The first-order valence-electron chi connectivity index (χ1n) is 9.60. The van der Waals surface area contributed by atoms with Gasteiger partial charge in [0.2, 0.25) is 0 Å². The van der Waals surface area contributed by atoms with Crippen LogP contribution in [0, 0.1) is 0 Å². The second-order valence-corrected chi connectivity index (χ2v) is 7.12. The summed E-state index contributed by atoms with van der Waals surface area (Å²) in [6, 6.07) is 15.5. The molecule has 0 bridgehead atoms. The van der Waals surface area contributed by atoms with E-state index in [1.807, 2.05) is 0 Å². The molecule has 31 heavy (non-hydrogen) atoms. The van der Waals surface area contributed by atoms with E-state index < -0.39 is 12.0 Å². The Morgan fingerprint density at radius 2 is 1.23 bits per heavy atom. The van der Waals surface area contributed by atoms with Crippen LogP contribution in [0.4, 0.5) is 0 Å². The van der Waals surface area contributed by atoms with Crippen molar-refractivity contribution in [1.29, 1.82) is 0 Å². The highest BCUT2D eigenvalue weighted by atomic mass is 16.4. The highest BCUT2D eigenvalue weighted by Gasteiger charge is 2.14. The van der Waals surface area contributed by atoms with Crippen molar-refractivity contribution in [3.8, 4) is 17.2 Å². The van der Waals surface area contributed by atoms with Gasteiger partial charge < -0.3 is 26.2 Å². The fourth-order valence-electron chi connectivity index (χ4n) is 3.00. The fraction of sp³-hybridized carbons (Fsp3) is 0.0800. The van der Waals surface area contributed by atoms with Crippen LogP contribution in [0.15, 0.2) is 60.7 Å². The van der Waals surface area contributed by atoms with Gasteiger partial charge in [-0.05, 0) is 59.5 Å². The van der Waals surface area contributed by atoms with Gasteiger partial charge in [0.25, 0.3) is 0 Å². The summed E-state index contributed by atoms with van der Waals surface area (Å²) < 4.78 is 0. The molecule has 6 N–H and O–H groups in total. The van der Waals surface area contributed by atoms with Crippen molar-refractivity contribution in [3.63, 3.8) is 0 Å². The van der Waals surface area contributed by atoms with Crippen LogP contribution in [0.1, 0.15) is 29.2 Å². The van der Waals surface area contributed by atoms with Crippen LogP contribution in [-0.4, -0.2) is 32.4 Å². The maximum Gasteiger partial charge on any atom is 0.320 e. The van der Waals surface area contributed by atoms with E-state index in [-0.39, 0.29) is 25.1 Å². The number of carbonyl (C=O) groups is 1. The molecule has 3 aromatic carbocycles. The molecule has 3 aromatic rings. The van der Waals surface area contributed by atoms with Gasteiger partial charge in [0.05, 0.1) is 0 Å². The number of hydrogen-bond donors (Lipinski definition) is 5. The summed E-state index contributed by atoms with van der Waals surface area (Å²) in [6.45, 7) is 0. The summed E-state index contributed by atoms with van der Waals surface area (Å²) in [6.07, 6.45) is 7.10. The number of carboxylic acids is 1. The summed E-state index contributed by atoms with van der Waals surface area (Å²) in [5.41, 5.74) is 9.04. The lowest BCUT2D eigenvalue weighted by atomic mass is 9.98. The van der Waals surface area contributed by atoms with Gasteiger partial charge in [-0.25, -0.2) is 0 Å². The first kappa shape index (κ1) is 21.7. The highest BCUT2D eigenvalue weighted by Crippen LogP contribution is 2.29. The van der Waals surface area contributed by atoms with E-state index in [2.05, 4.69) is 0 Å². The molecule has 6 heteroatoms. The molecule has 0 aliphatic rings. The first-order valence-corrected chi connectivity index (χ1v) is 9.60. The van der Waals surface area contributed by atoms with Crippen molar-refractivity contribution in [1.82, 2.24) is 0 Å². The number of hydrogen-bond acceptors (Lipinski definition) is 5. The topological polar surface area (TPSA) is 124 Å². The minimum Gasteiger partial charge on any atom is -0.508 e. The van der Waals surface area contributed by atoms with Crippen LogP contribution < -0.4 is 5.73 Å². The van der Waals surface area contributed by atoms with Crippen LogP contribution in [0.3, 0.4) is 0 Å². The molecule has 0 saturated carbocycles. The third-order valence-electron chi connectivity index (χ3n) is 4.70. The Morgan fingerprint density at radius 1 is 0.806 bits per heavy atom. The Balaban J connectivity index is 0.00000363. The first-order chi connectivity index (χ1) is 14.8. The van der Waals surface area contributed by atoms with Gasteiger partial charge >= 0.3 is 5.97 Å². The van der Waals surface area contributed by atoms with Gasteiger partial charge in [0.15, 0.2) is 0 Å². The lowest BCUT2D eigenvalue weighted by Crippen LogP contribution is -2.32. The summed E-state index contributed by atoms with van der Waals surface area (Å²) in [7, 11) is 0. The number of phenolic OH excluding ortho intramolecular Hbond substituents is 3. The molecule has 0 fully saturated rings. The number of rotatable bonds is 7. The molecular weight excluding hydrogens is 394 g/mol.